The molecule has 2 aromatic rings. The molecule has 1 N–H and O–H groups in total. The van der Waals surface area contributed by atoms with Crippen LogP contribution in [-0.2, 0) is 14.1 Å². The average molecular weight is 264 g/mol. The molecule has 0 aliphatic rings. The van der Waals surface area contributed by atoms with E-state index in [9.17, 15) is 14.9 Å². The van der Waals surface area contributed by atoms with E-state index in [1.807, 2.05) is 0 Å². The quantitative estimate of drug-likeness (QED) is 0.645. The Labute approximate surface area is 108 Å². The van der Waals surface area contributed by atoms with E-state index in [0.29, 0.717) is 11.4 Å². The highest BCUT2D eigenvalue weighted by atomic mass is 16.6. The third-order valence-corrected chi connectivity index (χ3v) is 2.59. The molecule has 0 unspecified atom stereocenters. The third kappa shape index (κ3) is 2.30. The fourth-order valence-electron chi connectivity index (χ4n) is 1.73. The zero-order chi connectivity index (χ0) is 14.2. The summed E-state index contributed by atoms with van der Waals surface area (Å²) < 4.78 is 2.71. The lowest BCUT2D eigenvalue weighted by molar-refractivity contribution is -0.385. The number of anilines is 1. The summed E-state index contributed by atoms with van der Waals surface area (Å²) in [5, 5.41) is 21.2. The van der Waals surface area contributed by atoms with Gasteiger partial charge >= 0.3 is 5.69 Å². The molecule has 0 radical (unpaired) electrons. The highest BCUT2D eigenvalue weighted by molar-refractivity contribution is 6.05. The summed E-state index contributed by atoms with van der Waals surface area (Å²) in [7, 11) is 3.19. The summed E-state index contributed by atoms with van der Waals surface area (Å²) in [6.45, 7) is 1.73. The maximum absolute atomic E-state index is 12.1. The summed E-state index contributed by atoms with van der Waals surface area (Å²) in [4.78, 5) is 22.2. The van der Waals surface area contributed by atoms with Gasteiger partial charge < -0.3 is 5.32 Å². The maximum Gasteiger partial charge on any atom is 0.320 e. The number of aromatic nitrogens is 4. The van der Waals surface area contributed by atoms with Crippen LogP contribution in [0.3, 0.4) is 0 Å². The second-order valence-electron chi connectivity index (χ2n) is 4.02. The van der Waals surface area contributed by atoms with Crippen molar-refractivity contribution in [3.8, 4) is 0 Å². The first-order chi connectivity index (χ1) is 8.90. The van der Waals surface area contributed by atoms with Crippen LogP contribution in [-0.4, -0.2) is 30.4 Å². The number of rotatable bonds is 3. The van der Waals surface area contributed by atoms with Crippen molar-refractivity contribution in [1.82, 2.24) is 19.6 Å². The largest absolute Gasteiger partial charge is 0.320 e. The molecule has 9 heteroatoms. The SMILES string of the molecule is Cc1nn(C)cc1NC(=O)c1c([N+](=O)[O-])cnn1C. The van der Waals surface area contributed by atoms with Crippen molar-refractivity contribution in [3.63, 3.8) is 0 Å². The summed E-state index contributed by atoms with van der Waals surface area (Å²) in [6, 6.07) is 0. The number of aryl methyl sites for hydroxylation is 3. The van der Waals surface area contributed by atoms with Crippen molar-refractivity contribution >= 4 is 17.3 Å². The number of nitro groups is 1. The molecule has 0 saturated heterocycles. The lowest BCUT2D eigenvalue weighted by atomic mass is 10.3. The van der Waals surface area contributed by atoms with Crippen molar-refractivity contribution in [1.29, 1.82) is 0 Å². The van der Waals surface area contributed by atoms with E-state index in [4.69, 9.17) is 0 Å². The number of hydrogen-bond donors (Lipinski definition) is 1. The van der Waals surface area contributed by atoms with Crippen LogP contribution in [0.1, 0.15) is 16.2 Å². The first kappa shape index (κ1) is 12.7. The van der Waals surface area contributed by atoms with Crippen LogP contribution in [0, 0.1) is 17.0 Å². The summed E-state index contributed by atoms with van der Waals surface area (Å²) in [6.07, 6.45) is 2.67. The molecule has 100 valence electrons. The van der Waals surface area contributed by atoms with Gasteiger partial charge in [-0.2, -0.15) is 10.2 Å². The Balaban J connectivity index is 2.33. The van der Waals surface area contributed by atoms with Crippen molar-refractivity contribution in [3.05, 3.63) is 33.9 Å². The van der Waals surface area contributed by atoms with E-state index in [2.05, 4.69) is 15.5 Å². The van der Waals surface area contributed by atoms with Gasteiger partial charge in [-0.15, -0.1) is 0 Å². The molecule has 0 spiro atoms. The summed E-state index contributed by atoms with van der Waals surface area (Å²) in [5.74, 6) is -0.595. The van der Waals surface area contributed by atoms with Crippen LogP contribution in [0.25, 0.3) is 0 Å². The first-order valence-electron chi connectivity index (χ1n) is 5.38. The Kier molecular flexibility index (Phi) is 3.03. The average Bonchev–Trinajstić information content (AvgIpc) is 2.82. The summed E-state index contributed by atoms with van der Waals surface area (Å²) in [5.41, 5.74) is 0.693. The number of hydrogen-bond acceptors (Lipinski definition) is 5. The van der Waals surface area contributed by atoms with Crippen LogP contribution < -0.4 is 5.32 Å². The van der Waals surface area contributed by atoms with Crippen LogP contribution in [0.4, 0.5) is 11.4 Å². The second kappa shape index (κ2) is 4.52. The molecular formula is C10H12N6O3. The van der Waals surface area contributed by atoms with Crippen LogP contribution in [0.15, 0.2) is 12.4 Å². The third-order valence-electron chi connectivity index (χ3n) is 2.59. The molecule has 2 rings (SSSR count). The van der Waals surface area contributed by atoms with Gasteiger partial charge in [-0.25, -0.2) is 0 Å². The van der Waals surface area contributed by atoms with Gasteiger partial charge in [-0.1, -0.05) is 0 Å². The first-order valence-corrected chi connectivity index (χ1v) is 5.38. The molecule has 0 atom stereocenters. The van der Waals surface area contributed by atoms with E-state index in [-0.39, 0.29) is 11.4 Å². The van der Waals surface area contributed by atoms with Crippen molar-refractivity contribution < 1.29 is 9.72 Å². The zero-order valence-corrected chi connectivity index (χ0v) is 10.6. The second-order valence-corrected chi connectivity index (χ2v) is 4.02. The van der Waals surface area contributed by atoms with Gasteiger partial charge in [0.25, 0.3) is 5.91 Å². The fraction of sp³-hybridized carbons (Fsp3) is 0.300. The maximum atomic E-state index is 12.1. The minimum atomic E-state index is -0.641. The van der Waals surface area contributed by atoms with Gasteiger partial charge in [0.1, 0.15) is 6.20 Å². The van der Waals surface area contributed by atoms with Gasteiger partial charge in [0.15, 0.2) is 0 Å². The van der Waals surface area contributed by atoms with E-state index < -0.39 is 10.8 Å². The highest BCUT2D eigenvalue weighted by Gasteiger charge is 2.26. The van der Waals surface area contributed by atoms with Crippen LogP contribution in [0.5, 0.6) is 0 Å². The highest BCUT2D eigenvalue weighted by Crippen LogP contribution is 2.19. The molecule has 0 fully saturated rings. The van der Waals surface area contributed by atoms with E-state index in [1.165, 1.54) is 11.7 Å². The van der Waals surface area contributed by atoms with Gasteiger partial charge in [-0.05, 0) is 6.92 Å². The molecule has 0 aliphatic heterocycles. The van der Waals surface area contributed by atoms with Gasteiger partial charge in [0.2, 0.25) is 5.69 Å². The van der Waals surface area contributed by atoms with E-state index in [0.717, 1.165) is 6.20 Å². The van der Waals surface area contributed by atoms with Gasteiger partial charge in [-0.3, -0.25) is 24.3 Å². The predicted octanol–water partition coefficient (Wildman–Crippen LogP) is 0.623. The summed E-state index contributed by atoms with van der Waals surface area (Å²) >= 11 is 0. The fourth-order valence-corrected chi connectivity index (χ4v) is 1.73. The van der Waals surface area contributed by atoms with E-state index in [1.54, 1.807) is 24.9 Å². The van der Waals surface area contributed by atoms with Crippen molar-refractivity contribution in [2.24, 2.45) is 14.1 Å². The molecule has 0 bridgehead atoms. The van der Waals surface area contributed by atoms with Crippen molar-refractivity contribution in [2.75, 3.05) is 5.32 Å². The molecule has 0 aliphatic carbocycles. The number of amides is 1. The lowest BCUT2D eigenvalue weighted by Gasteiger charge is -2.03. The predicted molar refractivity (Wildman–Crippen MR) is 65.8 cm³/mol. The molecule has 0 saturated carbocycles. The minimum absolute atomic E-state index is 0.103. The number of nitrogens with zero attached hydrogens (tertiary/aromatic N) is 5. The van der Waals surface area contributed by atoms with Crippen LogP contribution >= 0.6 is 0 Å². The molecule has 9 nitrogen and oxygen atoms in total. The van der Waals surface area contributed by atoms with Gasteiger partial charge in [0.05, 0.1) is 16.3 Å². The number of carbonyl (C=O) groups is 1. The Hall–Kier alpha value is -2.71. The molecular weight excluding hydrogens is 252 g/mol. The molecule has 2 heterocycles. The normalized spacial score (nSPS) is 10.5. The standard InChI is InChI=1S/C10H12N6O3/c1-6-7(5-14(2)13-6)12-10(17)9-8(16(18)19)4-11-15(9)3/h4-5H,1-3H3,(H,12,17). The zero-order valence-electron chi connectivity index (χ0n) is 10.6. The van der Waals surface area contributed by atoms with Crippen molar-refractivity contribution in [2.45, 2.75) is 6.92 Å². The molecule has 0 aromatic carbocycles. The number of nitrogens with one attached hydrogen (secondary N) is 1. The van der Waals surface area contributed by atoms with E-state index >= 15 is 0 Å². The van der Waals surface area contributed by atoms with Gasteiger partial charge in [0, 0.05) is 20.3 Å². The monoisotopic (exact) mass is 264 g/mol. The molecule has 1 amide bonds. The minimum Gasteiger partial charge on any atom is -0.317 e. The molecule has 2 aromatic heterocycles. The molecule has 19 heavy (non-hydrogen) atoms. The number of carbonyl (C=O) groups excluding carboxylic acids is 1. The van der Waals surface area contributed by atoms with Crippen LogP contribution in [0.2, 0.25) is 0 Å². The topological polar surface area (TPSA) is 108 Å². The smallest absolute Gasteiger partial charge is 0.317 e. The lowest BCUT2D eigenvalue weighted by Crippen LogP contribution is -2.17. The Morgan fingerprint density at radius 3 is 2.68 bits per heavy atom. The Bertz CT molecular complexity index is 656. The Morgan fingerprint density at radius 2 is 2.16 bits per heavy atom. The Morgan fingerprint density at radius 1 is 1.47 bits per heavy atom.